The van der Waals surface area contributed by atoms with Crippen LogP contribution >= 0.6 is 0 Å². The van der Waals surface area contributed by atoms with E-state index in [1.165, 1.54) is 0 Å². The lowest BCUT2D eigenvalue weighted by Gasteiger charge is -2.38. The summed E-state index contributed by atoms with van der Waals surface area (Å²) in [4.78, 5) is 24.3. The smallest absolute Gasteiger partial charge is 0.317 e. The monoisotopic (exact) mass is 226 g/mol. The van der Waals surface area contributed by atoms with Crippen LogP contribution in [0.2, 0.25) is 0 Å². The molecule has 1 saturated heterocycles. The molecular weight excluding hydrogens is 208 g/mol. The summed E-state index contributed by atoms with van der Waals surface area (Å²) in [6.45, 7) is 1.58. The van der Waals surface area contributed by atoms with E-state index in [1.54, 1.807) is 0 Å². The van der Waals surface area contributed by atoms with Crippen LogP contribution in [-0.4, -0.2) is 41.1 Å². The molecule has 5 heteroatoms. The van der Waals surface area contributed by atoms with Crippen molar-refractivity contribution in [1.29, 1.82) is 0 Å². The van der Waals surface area contributed by atoms with Gasteiger partial charge in [-0.3, -0.25) is 4.79 Å². The number of amides is 2. The molecule has 0 spiro atoms. The molecule has 2 rings (SSSR count). The molecule has 90 valence electrons. The van der Waals surface area contributed by atoms with Crippen molar-refractivity contribution in [2.24, 2.45) is 5.92 Å². The van der Waals surface area contributed by atoms with Crippen molar-refractivity contribution in [2.75, 3.05) is 13.1 Å². The van der Waals surface area contributed by atoms with Crippen LogP contribution in [0.25, 0.3) is 0 Å². The van der Waals surface area contributed by atoms with Gasteiger partial charge in [-0.1, -0.05) is 0 Å². The SMILES string of the molecule is O=C(O)C1CCC(N2CCCNC2=O)CC1. The summed E-state index contributed by atoms with van der Waals surface area (Å²) in [5, 5.41) is 11.7. The number of hydrogen-bond acceptors (Lipinski definition) is 2. The van der Waals surface area contributed by atoms with E-state index in [2.05, 4.69) is 5.32 Å². The van der Waals surface area contributed by atoms with Crippen molar-refractivity contribution >= 4 is 12.0 Å². The molecule has 0 radical (unpaired) electrons. The topological polar surface area (TPSA) is 69.6 Å². The second-order valence-corrected chi connectivity index (χ2v) is 4.62. The molecule has 0 aromatic rings. The third-order valence-corrected chi connectivity index (χ3v) is 3.60. The molecule has 2 amide bonds. The minimum Gasteiger partial charge on any atom is -0.481 e. The van der Waals surface area contributed by atoms with Gasteiger partial charge in [0.2, 0.25) is 0 Å². The van der Waals surface area contributed by atoms with E-state index in [1.807, 2.05) is 4.90 Å². The van der Waals surface area contributed by atoms with E-state index in [9.17, 15) is 9.59 Å². The van der Waals surface area contributed by atoms with Gasteiger partial charge in [0.25, 0.3) is 0 Å². The van der Waals surface area contributed by atoms with Gasteiger partial charge >= 0.3 is 12.0 Å². The van der Waals surface area contributed by atoms with Crippen LogP contribution in [-0.2, 0) is 4.79 Å². The fourth-order valence-corrected chi connectivity index (χ4v) is 2.63. The molecule has 0 unspecified atom stereocenters. The zero-order chi connectivity index (χ0) is 11.5. The van der Waals surface area contributed by atoms with Gasteiger partial charge in [-0.05, 0) is 32.1 Å². The largest absolute Gasteiger partial charge is 0.481 e. The minimum absolute atomic E-state index is 0.0185. The molecule has 2 fully saturated rings. The number of carbonyl (C=O) groups is 2. The van der Waals surface area contributed by atoms with Crippen molar-refractivity contribution in [3.8, 4) is 0 Å². The van der Waals surface area contributed by atoms with E-state index in [0.717, 1.165) is 32.4 Å². The lowest BCUT2D eigenvalue weighted by atomic mass is 9.85. The Kier molecular flexibility index (Phi) is 3.31. The second-order valence-electron chi connectivity index (χ2n) is 4.62. The van der Waals surface area contributed by atoms with Crippen LogP contribution in [0.15, 0.2) is 0 Å². The van der Waals surface area contributed by atoms with E-state index in [-0.39, 0.29) is 18.0 Å². The first-order chi connectivity index (χ1) is 7.68. The number of carboxylic acid groups (broad SMARTS) is 1. The van der Waals surface area contributed by atoms with E-state index >= 15 is 0 Å². The molecule has 16 heavy (non-hydrogen) atoms. The van der Waals surface area contributed by atoms with E-state index < -0.39 is 5.97 Å². The van der Waals surface area contributed by atoms with Crippen molar-refractivity contribution in [3.63, 3.8) is 0 Å². The predicted octanol–water partition coefficient (Wildman–Crippen LogP) is 1.05. The Balaban J connectivity index is 1.88. The molecule has 2 aliphatic rings. The molecule has 1 heterocycles. The van der Waals surface area contributed by atoms with Crippen LogP contribution in [0.1, 0.15) is 32.1 Å². The summed E-state index contributed by atoms with van der Waals surface area (Å²) < 4.78 is 0. The Morgan fingerprint density at radius 3 is 2.56 bits per heavy atom. The highest BCUT2D eigenvalue weighted by atomic mass is 16.4. The summed E-state index contributed by atoms with van der Waals surface area (Å²) in [7, 11) is 0. The fourth-order valence-electron chi connectivity index (χ4n) is 2.63. The molecule has 0 aromatic carbocycles. The average molecular weight is 226 g/mol. The molecule has 5 nitrogen and oxygen atoms in total. The molecule has 0 bridgehead atoms. The number of hydrogen-bond donors (Lipinski definition) is 2. The number of carbonyl (C=O) groups excluding carboxylic acids is 1. The van der Waals surface area contributed by atoms with Crippen LogP contribution in [0, 0.1) is 5.92 Å². The number of nitrogens with zero attached hydrogens (tertiary/aromatic N) is 1. The molecule has 1 aliphatic heterocycles. The zero-order valence-electron chi connectivity index (χ0n) is 9.32. The van der Waals surface area contributed by atoms with Crippen molar-refractivity contribution in [1.82, 2.24) is 10.2 Å². The van der Waals surface area contributed by atoms with Crippen LogP contribution in [0.4, 0.5) is 4.79 Å². The van der Waals surface area contributed by atoms with Gasteiger partial charge in [-0.2, -0.15) is 0 Å². The van der Waals surface area contributed by atoms with Gasteiger partial charge in [0.15, 0.2) is 0 Å². The van der Waals surface area contributed by atoms with Crippen LogP contribution < -0.4 is 5.32 Å². The van der Waals surface area contributed by atoms with Gasteiger partial charge < -0.3 is 15.3 Å². The maximum absolute atomic E-state index is 11.6. The normalized spacial score (nSPS) is 31.0. The fraction of sp³-hybridized carbons (Fsp3) is 0.818. The predicted molar refractivity (Wildman–Crippen MR) is 58.1 cm³/mol. The van der Waals surface area contributed by atoms with Gasteiger partial charge in [-0.25, -0.2) is 4.79 Å². The zero-order valence-corrected chi connectivity index (χ0v) is 9.32. The van der Waals surface area contributed by atoms with Gasteiger partial charge in [-0.15, -0.1) is 0 Å². The number of aliphatic carboxylic acids is 1. The van der Waals surface area contributed by atoms with Crippen molar-refractivity contribution in [2.45, 2.75) is 38.1 Å². The highest BCUT2D eigenvalue weighted by molar-refractivity contribution is 5.75. The first-order valence-electron chi connectivity index (χ1n) is 5.96. The first kappa shape index (κ1) is 11.2. The molecule has 1 aliphatic carbocycles. The highest BCUT2D eigenvalue weighted by Crippen LogP contribution is 2.28. The molecule has 1 saturated carbocycles. The second kappa shape index (κ2) is 4.72. The maximum atomic E-state index is 11.6. The summed E-state index contributed by atoms with van der Waals surface area (Å²) in [5.74, 6) is -0.898. The average Bonchev–Trinajstić information content (AvgIpc) is 2.30. The minimum atomic E-state index is -0.693. The molecule has 2 N–H and O–H groups in total. The number of carboxylic acids is 1. The van der Waals surface area contributed by atoms with Crippen LogP contribution in [0.3, 0.4) is 0 Å². The Bertz CT molecular complexity index is 285. The Morgan fingerprint density at radius 2 is 2.00 bits per heavy atom. The quantitative estimate of drug-likeness (QED) is 0.739. The van der Waals surface area contributed by atoms with E-state index in [4.69, 9.17) is 5.11 Å². The first-order valence-corrected chi connectivity index (χ1v) is 5.96. The summed E-state index contributed by atoms with van der Waals surface area (Å²) in [5.41, 5.74) is 0. The Labute approximate surface area is 94.8 Å². The third-order valence-electron chi connectivity index (χ3n) is 3.60. The summed E-state index contributed by atoms with van der Waals surface area (Å²) >= 11 is 0. The lowest BCUT2D eigenvalue weighted by Crippen LogP contribution is -2.52. The van der Waals surface area contributed by atoms with Gasteiger partial charge in [0.05, 0.1) is 5.92 Å². The standard InChI is InChI=1S/C11H18N2O3/c14-10(15)8-2-4-9(5-3-8)13-7-1-6-12-11(13)16/h8-9H,1-7H2,(H,12,16)(H,14,15). The van der Waals surface area contributed by atoms with Gasteiger partial charge in [0.1, 0.15) is 0 Å². The van der Waals surface area contributed by atoms with E-state index in [0.29, 0.717) is 12.8 Å². The molecule has 0 atom stereocenters. The van der Waals surface area contributed by atoms with Crippen molar-refractivity contribution in [3.05, 3.63) is 0 Å². The highest BCUT2D eigenvalue weighted by Gasteiger charge is 2.32. The lowest BCUT2D eigenvalue weighted by molar-refractivity contribution is -0.143. The molecule has 0 aromatic heterocycles. The van der Waals surface area contributed by atoms with Crippen molar-refractivity contribution < 1.29 is 14.7 Å². The summed E-state index contributed by atoms with van der Waals surface area (Å²) in [6, 6.07) is 0.265. The Morgan fingerprint density at radius 1 is 1.31 bits per heavy atom. The maximum Gasteiger partial charge on any atom is 0.317 e. The van der Waals surface area contributed by atoms with Crippen LogP contribution in [0.5, 0.6) is 0 Å². The third kappa shape index (κ3) is 2.28. The Hall–Kier alpha value is -1.26. The molecular formula is C11H18N2O3. The number of urea groups is 1. The van der Waals surface area contributed by atoms with Gasteiger partial charge in [0, 0.05) is 19.1 Å². The number of rotatable bonds is 2. The number of nitrogens with one attached hydrogen (secondary N) is 1. The summed E-state index contributed by atoms with van der Waals surface area (Å²) in [6.07, 6.45) is 4.03.